The lowest BCUT2D eigenvalue weighted by molar-refractivity contribution is -0.127. The summed E-state index contributed by atoms with van der Waals surface area (Å²) in [7, 11) is 0. The first-order valence-electron chi connectivity index (χ1n) is 7.60. The first-order valence-corrected chi connectivity index (χ1v) is 7.60. The molecular formula is C14H28N4O3. The van der Waals surface area contributed by atoms with Crippen LogP contribution in [0.2, 0.25) is 0 Å². The molecule has 4 N–H and O–H groups in total. The predicted octanol–water partition coefficient (Wildman–Crippen LogP) is -1.08. The lowest BCUT2D eigenvalue weighted by Crippen LogP contribution is -2.47. The molecule has 122 valence electrons. The van der Waals surface area contributed by atoms with Crippen molar-refractivity contribution in [2.24, 2.45) is 11.7 Å². The van der Waals surface area contributed by atoms with E-state index in [1.165, 1.54) is 0 Å². The van der Waals surface area contributed by atoms with Crippen molar-refractivity contribution in [1.82, 2.24) is 15.5 Å². The van der Waals surface area contributed by atoms with Gasteiger partial charge in [0.05, 0.1) is 25.8 Å². The highest BCUT2D eigenvalue weighted by atomic mass is 16.5. The lowest BCUT2D eigenvalue weighted by atomic mass is 10.1. The second-order valence-electron chi connectivity index (χ2n) is 5.65. The summed E-state index contributed by atoms with van der Waals surface area (Å²) in [6.07, 6.45) is 0.894. The second-order valence-corrected chi connectivity index (χ2v) is 5.65. The van der Waals surface area contributed by atoms with Crippen molar-refractivity contribution in [3.05, 3.63) is 0 Å². The molecule has 1 atom stereocenters. The summed E-state index contributed by atoms with van der Waals surface area (Å²) in [6.45, 7) is 8.77. The van der Waals surface area contributed by atoms with Gasteiger partial charge in [-0.3, -0.25) is 14.5 Å². The number of hydrogen-bond donors (Lipinski definition) is 3. The number of nitrogens with zero attached hydrogens (tertiary/aromatic N) is 1. The zero-order valence-electron chi connectivity index (χ0n) is 13.1. The van der Waals surface area contributed by atoms with E-state index in [0.29, 0.717) is 6.54 Å². The van der Waals surface area contributed by atoms with E-state index in [9.17, 15) is 9.59 Å². The van der Waals surface area contributed by atoms with Gasteiger partial charge in [-0.1, -0.05) is 13.8 Å². The Bertz CT molecular complexity index is 330. The van der Waals surface area contributed by atoms with Crippen LogP contribution in [0.1, 0.15) is 20.3 Å². The molecule has 0 radical (unpaired) electrons. The molecule has 21 heavy (non-hydrogen) atoms. The molecule has 7 heteroatoms. The third kappa shape index (κ3) is 7.40. The first kappa shape index (κ1) is 17.9. The van der Waals surface area contributed by atoms with Crippen LogP contribution in [0.25, 0.3) is 0 Å². The monoisotopic (exact) mass is 300 g/mol. The molecule has 0 bridgehead atoms. The number of morpholine rings is 1. The minimum Gasteiger partial charge on any atom is -0.379 e. The number of carbonyl (C=O) groups excluding carboxylic acids is 2. The second kappa shape index (κ2) is 9.70. The first-order chi connectivity index (χ1) is 10.0. The Morgan fingerprint density at radius 2 is 1.90 bits per heavy atom. The van der Waals surface area contributed by atoms with E-state index in [4.69, 9.17) is 10.5 Å². The molecule has 1 aliphatic heterocycles. The number of rotatable bonds is 8. The van der Waals surface area contributed by atoms with Gasteiger partial charge in [-0.2, -0.15) is 0 Å². The van der Waals surface area contributed by atoms with Crippen LogP contribution in [0.15, 0.2) is 0 Å². The number of nitrogens with one attached hydrogen (secondary N) is 2. The highest BCUT2D eigenvalue weighted by molar-refractivity contribution is 5.87. The molecule has 1 fully saturated rings. The molecule has 0 aromatic carbocycles. The molecule has 2 amide bonds. The summed E-state index contributed by atoms with van der Waals surface area (Å²) in [6, 6.07) is -0.570. The quantitative estimate of drug-likeness (QED) is 0.496. The van der Waals surface area contributed by atoms with Crippen LogP contribution in [0.3, 0.4) is 0 Å². The molecule has 0 unspecified atom stereocenters. The number of hydrogen-bond acceptors (Lipinski definition) is 5. The van der Waals surface area contributed by atoms with Gasteiger partial charge in [0, 0.05) is 19.6 Å². The normalized spacial score (nSPS) is 17.5. The summed E-state index contributed by atoms with van der Waals surface area (Å²) in [5, 5.41) is 5.34. The lowest BCUT2D eigenvalue weighted by Gasteiger charge is -2.26. The summed E-state index contributed by atoms with van der Waals surface area (Å²) < 4.78 is 5.27. The maximum Gasteiger partial charge on any atom is 0.239 e. The van der Waals surface area contributed by atoms with Crippen LogP contribution < -0.4 is 16.4 Å². The molecule has 0 spiro atoms. The average Bonchev–Trinajstić information content (AvgIpc) is 2.49. The van der Waals surface area contributed by atoms with Crippen molar-refractivity contribution >= 4 is 11.8 Å². The topological polar surface area (TPSA) is 96.7 Å². The number of carbonyl (C=O) groups is 2. The fraction of sp³-hybridized carbons (Fsp3) is 0.857. The Labute approximate surface area is 126 Å². The van der Waals surface area contributed by atoms with Gasteiger partial charge < -0.3 is 21.1 Å². The van der Waals surface area contributed by atoms with Gasteiger partial charge in [-0.05, 0) is 18.9 Å². The van der Waals surface area contributed by atoms with E-state index in [1.807, 2.05) is 13.8 Å². The van der Waals surface area contributed by atoms with E-state index in [1.54, 1.807) is 0 Å². The van der Waals surface area contributed by atoms with Crippen molar-refractivity contribution in [2.75, 3.05) is 45.9 Å². The predicted molar refractivity (Wildman–Crippen MR) is 80.7 cm³/mol. The minimum atomic E-state index is -0.570. The standard InChI is InChI=1S/C14H28N4O3/c1-11(2)13(15)14(20)17-10-12(19)16-4-3-5-18-6-8-21-9-7-18/h11,13H,3-10,15H2,1-2H3,(H,16,19)(H,17,20)/t13-/m0/s1. The van der Waals surface area contributed by atoms with E-state index in [2.05, 4.69) is 15.5 Å². The molecular weight excluding hydrogens is 272 g/mol. The van der Waals surface area contributed by atoms with Gasteiger partial charge in [0.2, 0.25) is 11.8 Å². The van der Waals surface area contributed by atoms with Gasteiger partial charge in [-0.25, -0.2) is 0 Å². The fourth-order valence-electron chi connectivity index (χ4n) is 2.01. The van der Waals surface area contributed by atoms with Crippen LogP contribution >= 0.6 is 0 Å². The van der Waals surface area contributed by atoms with Gasteiger partial charge in [0.25, 0.3) is 0 Å². The Kier molecular flexibility index (Phi) is 8.26. The van der Waals surface area contributed by atoms with E-state index in [0.717, 1.165) is 39.3 Å². The van der Waals surface area contributed by atoms with Crippen LogP contribution in [-0.2, 0) is 14.3 Å². The van der Waals surface area contributed by atoms with Gasteiger partial charge in [-0.15, -0.1) is 0 Å². The largest absolute Gasteiger partial charge is 0.379 e. The van der Waals surface area contributed by atoms with Crippen molar-refractivity contribution in [3.8, 4) is 0 Å². The highest BCUT2D eigenvalue weighted by Gasteiger charge is 2.17. The smallest absolute Gasteiger partial charge is 0.239 e. The number of amides is 2. The zero-order valence-corrected chi connectivity index (χ0v) is 13.1. The van der Waals surface area contributed by atoms with Crippen LogP contribution in [-0.4, -0.2) is 68.7 Å². The van der Waals surface area contributed by atoms with Crippen LogP contribution in [0.5, 0.6) is 0 Å². The van der Waals surface area contributed by atoms with Crippen LogP contribution in [0, 0.1) is 5.92 Å². The summed E-state index contributed by atoms with van der Waals surface area (Å²) in [4.78, 5) is 25.5. The molecule has 7 nitrogen and oxygen atoms in total. The molecule has 1 aliphatic rings. The van der Waals surface area contributed by atoms with Crippen molar-refractivity contribution in [3.63, 3.8) is 0 Å². The molecule has 0 aliphatic carbocycles. The third-order valence-corrected chi connectivity index (χ3v) is 3.52. The summed E-state index contributed by atoms with van der Waals surface area (Å²) >= 11 is 0. The Balaban J connectivity index is 2.04. The summed E-state index contributed by atoms with van der Waals surface area (Å²) in [5.74, 6) is -0.406. The maximum atomic E-state index is 11.6. The van der Waals surface area contributed by atoms with E-state index in [-0.39, 0.29) is 24.3 Å². The van der Waals surface area contributed by atoms with Crippen molar-refractivity contribution in [2.45, 2.75) is 26.3 Å². The molecule has 1 rings (SSSR count). The average molecular weight is 300 g/mol. The zero-order chi connectivity index (χ0) is 15.7. The minimum absolute atomic E-state index is 0.0171. The molecule has 0 aromatic heterocycles. The van der Waals surface area contributed by atoms with Crippen molar-refractivity contribution in [1.29, 1.82) is 0 Å². The molecule has 0 saturated carbocycles. The third-order valence-electron chi connectivity index (χ3n) is 3.52. The van der Waals surface area contributed by atoms with E-state index >= 15 is 0 Å². The molecule has 0 aromatic rings. The van der Waals surface area contributed by atoms with Gasteiger partial charge in [0.15, 0.2) is 0 Å². The van der Waals surface area contributed by atoms with Crippen molar-refractivity contribution < 1.29 is 14.3 Å². The number of nitrogens with two attached hydrogens (primary N) is 1. The molecule has 1 saturated heterocycles. The Morgan fingerprint density at radius 1 is 1.24 bits per heavy atom. The Morgan fingerprint density at radius 3 is 2.52 bits per heavy atom. The summed E-state index contributed by atoms with van der Waals surface area (Å²) in [5.41, 5.74) is 5.69. The maximum absolute atomic E-state index is 11.6. The van der Waals surface area contributed by atoms with Gasteiger partial charge in [0.1, 0.15) is 0 Å². The highest BCUT2D eigenvalue weighted by Crippen LogP contribution is 1.98. The van der Waals surface area contributed by atoms with E-state index < -0.39 is 6.04 Å². The van der Waals surface area contributed by atoms with Crippen LogP contribution in [0.4, 0.5) is 0 Å². The Hall–Kier alpha value is -1.18. The number of ether oxygens (including phenoxy) is 1. The van der Waals surface area contributed by atoms with Gasteiger partial charge >= 0.3 is 0 Å². The molecule has 1 heterocycles. The SMILES string of the molecule is CC(C)[C@H](N)C(=O)NCC(=O)NCCCN1CCOCC1. The fourth-order valence-corrected chi connectivity index (χ4v) is 2.01.